The first-order valence-corrected chi connectivity index (χ1v) is 8.65. The Hall–Kier alpha value is -1.26. The van der Waals surface area contributed by atoms with Crippen LogP contribution >= 0.6 is 0 Å². The Morgan fingerprint density at radius 1 is 0.500 bits per heavy atom. The Morgan fingerprint density at radius 3 is 1.04 bits per heavy atom. The quantitative estimate of drug-likeness (QED) is 0.357. The van der Waals surface area contributed by atoms with Crippen LogP contribution in [0, 0.1) is 0 Å². The monoisotopic (exact) mass is 376 g/mol. The first-order valence-electron chi connectivity index (χ1n) is 8.65. The zero-order valence-corrected chi connectivity index (χ0v) is 15.3. The third-order valence-corrected chi connectivity index (χ3v) is 2.72. The lowest BCUT2D eigenvalue weighted by Crippen LogP contribution is -2.14. The lowest BCUT2D eigenvalue weighted by atomic mass is 10.3. The van der Waals surface area contributed by atoms with Crippen LogP contribution in [0.25, 0.3) is 0 Å². The number of aromatic hydroxyl groups is 1. The van der Waals surface area contributed by atoms with Crippen LogP contribution in [0.2, 0.25) is 0 Å². The third-order valence-electron chi connectivity index (χ3n) is 2.72. The van der Waals surface area contributed by atoms with Gasteiger partial charge in [-0.25, -0.2) is 0 Å². The maximum Gasteiger partial charge on any atom is 0.115 e. The Labute approximate surface area is 155 Å². The summed E-state index contributed by atoms with van der Waals surface area (Å²) in [5, 5.41) is 25.5. The van der Waals surface area contributed by atoms with Crippen molar-refractivity contribution in [1.29, 1.82) is 0 Å². The van der Waals surface area contributed by atoms with Gasteiger partial charge in [0.05, 0.1) is 79.3 Å². The highest BCUT2D eigenvalue weighted by molar-refractivity contribution is 5.18. The van der Waals surface area contributed by atoms with Gasteiger partial charge >= 0.3 is 0 Å². The average molecular weight is 376 g/mol. The number of hydrogen-bond acceptors (Lipinski definition) is 8. The molecule has 0 unspecified atom stereocenters. The van der Waals surface area contributed by atoms with E-state index in [9.17, 15) is 0 Å². The van der Waals surface area contributed by atoms with Crippen molar-refractivity contribution >= 4 is 0 Å². The molecule has 0 saturated carbocycles. The first kappa shape index (κ1) is 24.7. The fraction of sp³-hybridized carbons (Fsp3) is 0.667. The molecule has 0 spiro atoms. The maximum absolute atomic E-state index is 8.63. The SMILES string of the molecule is OCCOCCOCCOCCOCCOCCO.Oc1ccccc1. The van der Waals surface area contributed by atoms with Crippen LogP contribution in [0.1, 0.15) is 0 Å². The topological polar surface area (TPSA) is 107 Å². The minimum atomic E-state index is 0.0359. The number of rotatable bonds is 16. The van der Waals surface area contributed by atoms with Crippen LogP contribution in [0.15, 0.2) is 30.3 Å². The van der Waals surface area contributed by atoms with Crippen molar-refractivity contribution in [2.75, 3.05) is 79.3 Å². The maximum atomic E-state index is 8.63. The molecule has 1 aromatic rings. The van der Waals surface area contributed by atoms with Crippen molar-refractivity contribution in [3.63, 3.8) is 0 Å². The number of phenols is 1. The number of hydrogen-bond donors (Lipinski definition) is 3. The van der Waals surface area contributed by atoms with Crippen molar-refractivity contribution in [1.82, 2.24) is 0 Å². The van der Waals surface area contributed by atoms with E-state index < -0.39 is 0 Å². The van der Waals surface area contributed by atoms with Crippen LogP contribution < -0.4 is 0 Å². The molecule has 1 rings (SSSR count). The zero-order chi connectivity index (χ0) is 19.1. The molecule has 0 aromatic heterocycles. The van der Waals surface area contributed by atoms with Crippen molar-refractivity contribution in [2.24, 2.45) is 0 Å². The third kappa shape index (κ3) is 20.8. The summed E-state index contributed by atoms with van der Waals surface area (Å²) in [6.07, 6.45) is 0. The molecule has 0 aliphatic carbocycles. The van der Waals surface area contributed by atoms with E-state index in [1.807, 2.05) is 6.07 Å². The Kier molecular flexibility index (Phi) is 20.7. The molecule has 8 nitrogen and oxygen atoms in total. The van der Waals surface area contributed by atoms with Gasteiger partial charge in [0.1, 0.15) is 5.75 Å². The second kappa shape index (κ2) is 21.8. The van der Waals surface area contributed by atoms with Gasteiger partial charge in [0, 0.05) is 0 Å². The summed E-state index contributed by atoms with van der Waals surface area (Å²) in [7, 11) is 0. The van der Waals surface area contributed by atoms with E-state index in [0.717, 1.165) is 0 Å². The molecular weight excluding hydrogens is 344 g/mol. The normalized spacial score (nSPS) is 10.4. The molecule has 1 aromatic carbocycles. The lowest BCUT2D eigenvalue weighted by Gasteiger charge is -2.07. The van der Waals surface area contributed by atoms with E-state index in [2.05, 4.69) is 0 Å². The molecule has 0 bridgehead atoms. The summed E-state index contributed by atoms with van der Waals surface area (Å²) < 4.78 is 25.8. The summed E-state index contributed by atoms with van der Waals surface area (Å²) in [6.45, 7) is 4.80. The van der Waals surface area contributed by atoms with Crippen molar-refractivity contribution in [3.05, 3.63) is 30.3 Å². The Bertz CT molecular complexity index is 347. The fourth-order valence-electron chi connectivity index (χ4n) is 1.54. The standard InChI is InChI=1S/C12H26O7.C6H6O/c13-1-3-15-5-7-17-9-11-19-12-10-18-8-6-16-4-2-14;7-6-4-2-1-3-5-6/h13-14H,1-12H2;1-5,7H. The van der Waals surface area contributed by atoms with E-state index in [1.165, 1.54) is 0 Å². The van der Waals surface area contributed by atoms with Crippen molar-refractivity contribution < 1.29 is 39.0 Å². The van der Waals surface area contributed by atoms with E-state index in [1.54, 1.807) is 24.3 Å². The van der Waals surface area contributed by atoms with Crippen LogP contribution in [0.4, 0.5) is 0 Å². The summed E-state index contributed by atoms with van der Waals surface area (Å²) >= 11 is 0. The Balaban J connectivity index is 0.000000735. The second-order valence-electron chi connectivity index (χ2n) is 4.84. The highest BCUT2D eigenvalue weighted by Gasteiger charge is 1.92. The minimum absolute atomic E-state index is 0.0359. The molecule has 0 fully saturated rings. The fourth-order valence-corrected chi connectivity index (χ4v) is 1.54. The smallest absolute Gasteiger partial charge is 0.115 e. The molecule has 0 atom stereocenters. The van der Waals surface area contributed by atoms with Crippen molar-refractivity contribution in [3.8, 4) is 5.75 Å². The van der Waals surface area contributed by atoms with Gasteiger partial charge in [-0.1, -0.05) is 18.2 Å². The number of ether oxygens (including phenoxy) is 5. The summed E-state index contributed by atoms with van der Waals surface area (Å²) in [5.41, 5.74) is 0. The van der Waals surface area contributed by atoms with E-state index in [0.29, 0.717) is 71.8 Å². The molecule has 0 aliphatic rings. The van der Waals surface area contributed by atoms with Gasteiger partial charge in [-0.15, -0.1) is 0 Å². The zero-order valence-electron chi connectivity index (χ0n) is 15.3. The van der Waals surface area contributed by atoms with Gasteiger partial charge in [0.15, 0.2) is 0 Å². The summed E-state index contributed by atoms with van der Waals surface area (Å²) in [5.74, 6) is 0.322. The summed E-state index contributed by atoms with van der Waals surface area (Å²) in [4.78, 5) is 0. The molecule has 0 radical (unpaired) electrons. The largest absolute Gasteiger partial charge is 0.508 e. The average Bonchev–Trinajstić information content (AvgIpc) is 2.66. The number of phenolic OH excluding ortho intramolecular Hbond substituents is 1. The molecule has 3 N–H and O–H groups in total. The lowest BCUT2D eigenvalue weighted by molar-refractivity contribution is -0.0151. The van der Waals surface area contributed by atoms with E-state index in [-0.39, 0.29) is 13.2 Å². The number of aliphatic hydroxyl groups is 2. The summed E-state index contributed by atoms with van der Waals surface area (Å²) in [6, 6.07) is 8.71. The van der Waals surface area contributed by atoms with Gasteiger partial charge in [-0.2, -0.15) is 0 Å². The molecule has 0 heterocycles. The molecule has 152 valence electrons. The number of aliphatic hydroxyl groups excluding tert-OH is 2. The van der Waals surface area contributed by atoms with Crippen LogP contribution in [0.5, 0.6) is 5.75 Å². The predicted octanol–water partition coefficient (Wildman–Crippen LogP) is 0.446. The van der Waals surface area contributed by atoms with Crippen LogP contribution in [-0.4, -0.2) is 94.6 Å². The molecule has 0 amide bonds. The second-order valence-corrected chi connectivity index (χ2v) is 4.84. The Morgan fingerprint density at radius 2 is 0.808 bits per heavy atom. The van der Waals surface area contributed by atoms with Gasteiger partial charge in [-0.3, -0.25) is 0 Å². The van der Waals surface area contributed by atoms with Crippen LogP contribution in [0.3, 0.4) is 0 Å². The van der Waals surface area contributed by atoms with E-state index >= 15 is 0 Å². The van der Waals surface area contributed by atoms with Crippen molar-refractivity contribution in [2.45, 2.75) is 0 Å². The van der Waals surface area contributed by atoms with Gasteiger partial charge < -0.3 is 39.0 Å². The van der Waals surface area contributed by atoms with Crippen LogP contribution in [-0.2, 0) is 23.7 Å². The number of para-hydroxylation sites is 1. The number of benzene rings is 1. The molecule has 0 saturated heterocycles. The van der Waals surface area contributed by atoms with Gasteiger partial charge in [0.2, 0.25) is 0 Å². The highest BCUT2D eigenvalue weighted by atomic mass is 16.6. The molecular formula is C18H32O8. The molecule has 0 aliphatic heterocycles. The molecule has 26 heavy (non-hydrogen) atoms. The minimum Gasteiger partial charge on any atom is -0.508 e. The van der Waals surface area contributed by atoms with E-state index in [4.69, 9.17) is 39.0 Å². The van der Waals surface area contributed by atoms with Gasteiger partial charge in [-0.05, 0) is 12.1 Å². The molecule has 8 heteroatoms. The predicted molar refractivity (Wildman–Crippen MR) is 96.4 cm³/mol. The van der Waals surface area contributed by atoms with Gasteiger partial charge in [0.25, 0.3) is 0 Å². The highest BCUT2D eigenvalue weighted by Crippen LogP contribution is 2.02. The first-order chi connectivity index (χ1) is 12.8.